The Morgan fingerprint density at radius 3 is 2.57 bits per heavy atom. The quantitative estimate of drug-likeness (QED) is 0.534. The molecule has 1 aromatic rings. The lowest BCUT2D eigenvalue weighted by molar-refractivity contribution is -0.162. The van der Waals surface area contributed by atoms with E-state index in [4.69, 9.17) is 5.73 Å². The molecule has 5 nitrogen and oxygen atoms in total. The fraction of sp³-hybridized carbons (Fsp3) is 0.500. The highest BCUT2D eigenvalue weighted by molar-refractivity contribution is 5.84. The van der Waals surface area contributed by atoms with Gasteiger partial charge in [0.05, 0.1) is 6.17 Å². The molecule has 118 valence electrons. The lowest BCUT2D eigenvalue weighted by atomic mass is 10.1. The van der Waals surface area contributed by atoms with Gasteiger partial charge in [0.15, 0.2) is 0 Å². The van der Waals surface area contributed by atoms with Crippen LogP contribution in [0, 0.1) is 0 Å². The molecule has 1 amide bonds. The Balaban J connectivity index is 2.52. The average molecular weight is 301 g/mol. The second-order valence-corrected chi connectivity index (χ2v) is 4.69. The van der Waals surface area contributed by atoms with Crippen LogP contribution in [0.3, 0.4) is 0 Å². The fourth-order valence-electron chi connectivity index (χ4n) is 1.65. The Hall–Kier alpha value is -1.57. The van der Waals surface area contributed by atoms with Crippen LogP contribution in [0.2, 0.25) is 0 Å². The van der Waals surface area contributed by atoms with Crippen molar-refractivity contribution in [1.82, 2.24) is 10.6 Å². The summed E-state index contributed by atoms with van der Waals surface area (Å²) in [6.45, 7) is 1.38. The molecule has 0 fully saturated rings. The number of benzene rings is 1. The zero-order valence-corrected chi connectivity index (χ0v) is 11.9. The number of alkyl halides is 2. The molecular formula is C14H21F2N3O2. The Bertz CT molecular complexity index is 443. The highest BCUT2D eigenvalue weighted by Gasteiger charge is 2.46. The molecule has 0 saturated heterocycles. The molecule has 0 radical (unpaired) electrons. The van der Waals surface area contributed by atoms with Gasteiger partial charge in [0, 0.05) is 13.1 Å². The molecule has 0 aliphatic rings. The highest BCUT2D eigenvalue weighted by Crippen LogP contribution is 2.19. The number of rotatable bonds is 8. The second-order valence-electron chi connectivity index (χ2n) is 4.69. The van der Waals surface area contributed by atoms with Crippen LogP contribution in [-0.2, 0) is 4.79 Å². The van der Waals surface area contributed by atoms with E-state index in [2.05, 4.69) is 10.6 Å². The first-order valence-electron chi connectivity index (χ1n) is 6.77. The van der Waals surface area contributed by atoms with E-state index in [1.165, 1.54) is 0 Å². The Kier molecular flexibility index (Phi) is 6.67. The molecule has 1 rings (SSSR count). The van der Waals surface area contributed by atoms with Crippen molar-refractivity contribution in [1.29, 1.82) is 0 Å². The van der Waals surface area contributed by atoms with Gasteiger partial charge in [0.25, 0.3) is 5.91 Å². The van der Waals surface area contributed by atoms with Crippen LogP contribution < -0.4 is 16.4 Å². The zero-order valence-electron chi connectivity index (χ0n) is 11.9. The summed E-state index contributed by atoms with van der Waals surface area (Å²) in [6, 6.07) is 8.80. The molecule has 0 aromatic heterocycles. The molecule has 2 unspecified atom stereocenters. The molecule has 5 N–H and O–H groups in total. The Morgan fingerprint density at radius 2 is 2.00 bits per heavy atom. The Morgan fingerprint density at radius 1 is 1.38 bits per heavy atom. The van der Waals surface area contributed by atoms with Crippen LogP contribution in [0.1, 0.15) is 25.1 Å². The SMILES string of the molecule is CCCNC(=O)C(F)(F)C(O)CNC(N)c1ccccc1. The van der Waals surface area contributed by atoms with Crippen LogP contribution >= 0.6 is 0 Å². The molecule has 7 heteroatoms. The van der Waals surface area contributed by atoms with Gasteiger partial charge in [-0.25, -0.2) is 0 Å². The maximum atomic E-state index is 13.6. The van der Waals surface area contributed by atoms with Crippen LogP contribution in [0.5, 0.6) is 0 Å². The summed E-state index contributed by atoms with van der Waals surface area (Å²) in [5, 5.41) is 14.2. The van der Waals surface area contributed by atoms with Crippen molar-refractivity contribution in [3.05, 3.63) is 35.9 Å². The minimum Gasteiger partial charge on any atom is -0.385 e. The third-order valence-electron chi connectivity index (χ3n) is 2.95. The standard InChI is InChI=1S/C14H21F2N3O2/c1-2-8-18-13(21)14(15,16)11(20)9-19-12(17)10-6-4-3-5-7-10/h3-7,11-12,19-20H,2,8-9,17H2,1H3,(H,18,21). The lowest BCUT2D eigenvalue weighted by Crippen LogP contribution is -2.52. The fourth-order valence-corrected chi connectivity index (χ4v) is 1.65. The summed E-state index contributed by atoms with van der Waals surface area (Å²) in [5.41, 5.74) is 6.47. The van der Waals surface area contributed by atoms with Crippen molar-refractivity contribution in [2.45, 2.75) is 31.5 Å². The van der Waals surface area contributed by atoms with Crippen molar-refractivity contribution in [3.8, 4) is 0 Å². The molecule has 21 heavy (non-hydrogen) atoms. The summed E-state index contributed by atoms with van der Waals surface area (Å²) in [7, 11) is 0. The molecular weight excluding hydrogens is 280 g/mol. The molecule has 0 saturated carbocycles. The molecule has 0 aliphatic heterocycles. The van der Waals surface area contributed by atoms with E-state index in [9.17, 15) is 18.7 Å². The minimum atomic E-state index is -3.86. The van der Waals surface area contributed by atoms with Gasteiger partial charge in [-0.05, 0) is 12.0 Å². The maximum absolute atomic E-state index is 13.6. The van der Waals surface area contributed by atoms with Gasteiger partial charge in [0.1, 0.15) is 6.10 Å². The molecule has 0 aliphatic carbocycles. The van der Waals surface area contributed by atoms with Crippen molar-refractivity contribution in [2.24, 2.45) is 5.73 Å². The average Bonchev–Trinajstić information content (AvgIpc) is 2.50. The van der Waals surface area contributed by atoms with Crippen molar-refractivity contribution in [2.75, 3.05) is 13.1 Å². The van der Waals surface area contributed by atoms with Crippen LogP contribution in [0.4, 0.5) is 8.78 Å². The van der Waals surface area contributed by atoms with E-state index in [1.54, 1.807) is 37.3 Å². The van der Waals surface area contributed by atoms with E-state index in [-0.39, 0.29) is 6.54 Å². The van der Waals surface area contributed by atoms with Crippen molar-refractivity contribution >= 4 is 5.91 Å². The number of nitrogens with two attached hydrogens (primary N) is 1. The summed E-state index contributed by atoms with van der Waals surface area (Å²) in [6.07, 6.45) is -2.31. The summed E-state index contributed by atoms with van der Waals surface area (Å²) in [4.78, 5) is 11.3. The predicted octanol–water partition coefficient (Wildman–Crippen LogP) is 0.756. The van der Waals surface area contributed by atoms with E-state index >= 15 is 0 Å². The van der Waals surface area contributed by atoms with Gasteiger partial charge in [-0.15, -0.1) is 0 Å². The molecule has 0 bridgehead atoms. The maximum Gasteiger partial charge on any atom is 0.350 e. The number of amides is 1. The minimum absolute atomic E-state index is 0.137. The lowest BCUT2D eigenvalue weighted by Gasteiger charge is -2.23. The topological polar surface area (TPSA) is 87.4 Å². The number of aliphatic hydroxyl groups excluding tert-OH is 1. The predicted molar refractivity (Wildman–Crippen MR) is 75.6 cm³/mol. The van der Waals surface area contributed by atoms with Crippen LogP contribution in [0.25, 0.3) is 0 Å². The second kappa shape index (κ2) is 8.02. The van der Waals surface area contributed by atoms with E-state index in [1.807, 2.05) is 0 Å². The molecule has 0 spiro atoms. The van der Waals surface area contributed by atoms with E-state index < -0.39 is 30.6 Å². The van der Waals surface area contributed by atoms with Gasteiger partial charge >= 0.3 is 5.92 Å². The normalized spacial score (nSPS) is 14.5. The molecule has 0 heterocycles. The van der Waals surface area contributed by atoms with Gasteiger partial charge in [-0.3, -0.25) is 10.1 Å². The smallest absolute Gasteiger partial charge is 0.350 e. The number of aliphatic hydroxyl groups is 1. The number of carbonyl (C=O) groups excluding carboxylic acids is 1. The van der Waals surface area contributed by atoms with E-state index in [0.29, 0.717) is 12.0 Å². The van der Waals surface area contributed by atoms with Crippen LogP contribution in [0.15, 0.2) is 30.3 Å². The Labute approximate surface area is 122 Å². The third kappa shape index (κ3) is 5.04. The van der Waals surface area contributed by atoms with E-state index in [0.717, 1.165) is 0 Å². The third-order valence-corrected chi connectivity index (χ3v) is 2.95. The largest absolute Gasteiger partial charge is 0.385 e. The summed E-state index contributed by atoms with van der Waals surface area (Å²) in [5.74, 6) is -5.34. The van der Waals surface area contributed by atoms with Gasteiger partial charge in [-0.1, -0.05) is 37.3 Å². The number of hydrogen-bond donors (Lipinski definition) is 4. The monoisotopic (exact) mass is 301 g/mol. The highest BCUT2D eigenvalue weighted by atomic mass is 19.3. The van der Waals surface area contributed by atoms with Gasteiger partial charge in [-0.2, -0.15) is 8.78 Å². The number of nitrogens with one attached hydrogen (secondary N) is 2. The van der Waals surface area contributed by atoms with Crippen LogP contribution in [-0.4, -0.2) is 36.1 Å². The first-order valence-corrected chi connectivity index (χ1v) is 6.77. The number of carbonyl (C=O) groups is 1. The van der Waals surface area contributed by atoms with Crippen molar-refractivity contribution in [3.63, 3.8) is 0 Å². The number of hydrogen-bond acceptors (Lipinski definition) is 4. The van der Waals surface area contributed by atoms with Gasteiger partial charge < -0.3 is 16.2 Å². The first kappa shape index (κ1) is 17.5. The molecule has 2 atom stereocenters. The van der Waals surface area contributed by atoms with Crippen molar-refractivity contribution < 1.29 is 18.7 Å². The van der Waals surface area contributed by atoms with Gasteiger partial charge in [0.2, 0.25) is 0 Å². The first-order chi connectivity index (χ1) is 9.89. The molecule has 1 aromatic carbocycles. The number of halogens is 2. The zero-order chi connectivity index (χ0) is 15.9. The summed E-state index contributed by atoms with van der Waals surface area (Å²) < 4.78 is 27.3. The summed E-state index contributed by atoms with van der Waals surface area (Å²) >= 11 is 0.